The maximum Gasteiger partial charge on any atom is 0.353 e. The lowest BCUT2D eigenvalue weighted by Gasteiger charge is -2.26. The minimum Gasteiger partial charge on any atom is -0.463 e. The first-order valence-electron chi connectivity index (χ1n) is 4.54. The zero-order valence-corrected chi connectivity index (χ0v) is 8.76. The second kappa shape index (κ2) is 5.19. The molecule has 0 aliphatic heterocycles. The molecule has 0 amide bonds. The Bertz CT molecular complexity index is 170. The monoisotopic (exact) mass is 189 g/mol. The Morgan fingerprint density at radius 2 is 2.15 bits per heavy atom. The number of carbonyl (C=O) groups excluding carboxylic acids is 1. The third-order valence-corrected chi connectivity index (χ3v) is 1.73. The maximum absolute atomic E-state index is 11.3. The van der Waals surface area contributed by atoms with Crippen LogP contribution in [-0.4, -0.2) is 30.5 Å². The zero-order chi connectivity index (χ0) is 10.5. The lowest BCUT2D eigenvalue weighted by Crippen LogP contribution is -2.52. The van der Waals surface area contributed by atoms with Crippen molar-refractivity contribution >= 4 is 5.97 Å². The zero-order valence-electron chi connectivity index (χ0n) is 8.76. The lowest BCUT2D eigenvalue weighted by atomic mass is 10.0. The minimum atomic E-state index is -1.54. The minimum absolute atomic E-state index is 0.224. The number of hydrogen-bond acceptors (Lipinski definition) is 4. The average molecular weight is 189 g/mol. The van der Waals surface area contributed by atoms with E-state index in [1.54, 1.807) is 14.0 Å². The molecule has 0 aliphatic carbocycles. The number of likely N-dealkylation sites (N-methyl/N-ethyl adjacent to an activating group) is 1. The van der Waals surface area contributed by atoms with Crippen LogP contribution >= 0.6 is 0 Å². The Morgan fingerprint density at radius 1 is 1.62 bits per heavy atom. The number of aliphatic hydroxyl groups is 1. The van der Waals surface area contributed by atoms with Crippen molar-refractivity contribution in [3.63, 3.8) is 0 Å². The Labute approximate surface area is 79.3 Å². The summed E-state index contributed by atoms with van der Waals surface area (Å²) in [6.07, 6.45) is 0.350. The first-order chi connectivity index (χ1) is 5.96. The molecule has 0 radical (unpaired) electrons. The Kier molecular flexibility index (Phi) is 4.95. The van der Waals surface area contributed by atoms with Crippen LogP contribution in [-0.2, 0) is 9.53 Å². The van der Waals surface area contributed by atoms with E-state index in [2.05, 4.69) is 5.32 Å². The summed E-state index contributed by atoms with van der Waals surface area (Å²) in [6, 6.07) is 0. The highest BCUT2D eigenvalue weighted by Crippen LogP contribution is 2.15. The van der Waals surface area contributed by atoms with Gasteiger partial charge in [-0.3, -0.25) is 5.32 Å². The normalized spacial score (nSPS) is 15.5. The fraction of sp³-hybridized carbons (Fsp3) is 0.889. The molecule has 0 aliphatic rings. The van der Waals surface area contributed by atoms with Gasteiger partial charge in [-0.25, -0.2) is 4.79 Å². The second-order valence-corrected chi connectivity index (χ2v) is 3.43. The molecular formula is C9H19NO3. The molecule has 13 heavy (non-hydrogen) atoms. The summed E-state index contributed by atoms with van der Waals surface area (Å²) in [5, 5.41) is 12.4. The summed E-state index contributed by atoms with van der Waals surface area (Å²) in [7, 11) is 1.54. The molecule has 0 fully saturated rings. The quantitative estimate of drug-likeness (QED) is 0.488. The van der Waals surface area contributed by atoms with Crippen LogP contribution in [0.15, 0.2) is 0 Å². The van der Waals surface area contributed by atoms with Gasteiger partial charge in [0.15, 0.2) is 0 Å². The summed E-state index contributed by atoms with van der Waals surface area (Å²) in [6.45, 7) is 5.85. The summed E-state index contributed by atoms with van der Waals surface area (Å²) in [4.78, 5) is 11.3. The topological polar surface area (TPSA) is 58.6 Å². The highest BCUT2D eigenvalue weighted by molar-refractivity contribution is 5.78. The molecule has 0 aromatic heterocycles. The fourth-order valence-corrected chi connectivity index (χ4v) is 1.13. The molecule has 0 aromatic rings. The van der Waals surface area contributed by atoms with Gasteiger partial charge in [-0.1, -0.05) is 13.8 Å². The van der Waals surface area contributed by atoms with Crippen molar-refractivity contribution in [2.24, 2.45) is 5.92 Å². The van der Waals surface area contributed by atoms with Gasteiger partial charge in [0.2, 0.25) is 5.72 Å². The van der Waals surface area contributed by atoms with Gasteiger partial charge in [0.1, 0.15) is 0 Å². The van der Waals surface area contributed by atoms with Crippen LogP contribution in [0.25, 0.3) is 0 Å². The van der Waals surface area contributed by atoms with E-state index in [9.17, 15) is 9.90 Å². The van der Waals surface area contributed by atoms with Gasteiger partial charge in [0.05, 0.1) is 6.61 Å². The molecule has 0 spiro atoms. The average Bonchev–Trinajstić information content (AvgIpc) is 2.03. The molecule has 1 atom stereocenters. The van der Waals surface area contributed by atoms with E-state index in [1.807, 2.05) is 13.8 Å². The molecule has 2 N–H and O–H groups in total. The van der Waals surface area contributed by atoms with E-state index in [0.717, 1.165) is 0 Å². The van der Waals surface area contributed by atoms with E-state index in [4.69, 9.17) is 4.74 Å². The first kappa shape index (κ1) is 12.4. The Morgan fingerprint density at radius 3 is 2.46 bits per heavy atom. The van der Waals surface area contributed by atoms with Crippen LogP contribution in [0.3, 0.4) is 0 Å². The largest absolute Gasteiger partial charge is 0.463 e. The predicted molar refractivity (Wildman–Crippen MR) is 50.1 cm³/mol. The molecule has 0 unspecified atom stereocenters. The molecule has 0 bridgehead atoms. The van der Waals surface area contributed by atoms with Crippen molar-refractivity contribution in [2.75, 3.05) is 13.7 Å². The van der Waals surface area contributed by atoms with Crippen LogP contribution in [0.1, 0.15) is 27.2 Å². The van der Waals surface area contributed by atoms with Gasteiger partial charge in [0, 0.05) is 6.42 Å². The SMILES string of the molecule is CCOC(=O)[C@](O)(CC(C)C)NC. The van der Waals surface area contributed by atoms with Gasteiger partial charge >= 0.3 is 5.97 Å². The van der Waals surface area contributed by atoms with Crippen molar-refractivity contribution in [1.82, 2.24) is 5.32 Å². The third kappa shape index (κ3) is 3.74. The second-order valence-electron chi connectivity index (χ2n) is 3.43. The molecule has 78 valence electrons. The standard InChI is InChI=1S/C9H19NO3/c1-5-13-8(11)9(12,10-4)6-7(2)3/h7,10,12H,5-6H2,1-4H3/t9-/m1/s1. The highest BCUT2D eigenvalue weighted by atomic mass is 16.6. The van der Waals surface area contributed by atoms with E-state index in [-0.39, 0.29) is 12.5 Å². The van der Waals surface area contributed by atoms with Gasteiger partial charge in [-0.2, -0.15) is 0 Å². The maximum atomic E-state index is 11.3. The first-order valence-corrected chi connectivity index (χ1v) is 4.54. The van der Waals surface area contributed by atoms with Gasteiger partial charge < -0.3 is 9.84 Å². The van der Waals surface area contributed by atoms with Gasteiger partial charge in [0.25, 0.3) is 0 Å². The van der Waals surface area contributed by atoms with E-state index in [0.29, 0.717) is 6.42 Å². The summed E-state index contributed by atoms with van der Waals surface area (Å²) in [5.41, 5.74) is -1.54. The number of esters is 1. The van der Waals surface area contributed by atoms with Crippen molar-refractivity contribution in [3.05, 3.63) is 0 Å². The molecule has 4 nitrogen and oxygen atoms in total. The van der Waals surface area contributed by atoms with Crippen LogP contribution in [0.5, 0.6) is 0 Å². The fourth-order valence-electron chi connectivity index (χ4n) is 1.13. The van der Waals surface area contributed by atoms with Crippen LogP contribution in [0.2, 0.25) is 0 Å². The summed E-state index contributed by atoms with van der Waals surface area (Å²) in [5.74, 6) is -0.381. The van der Waals surface area contributed by atoms with Gasteiger partial charge in [-0.05, 0) is 19.9 Å². The Hall–Kier alpha value is -0.610. The van der Waals surface area contributed by atoms with Crippen molar-refractivity contribution in [3.8, 4) is 0 Å². The summed E-state index contributed by atoms with van der Waals surface area (Å²) < 4.78 is 4.75. The smallest absolute Gasteiger partial charge is 0.353 e. The van der Waals surface area contributed by atoms with Gasteiger partial charge in [-0.15, -0.1) is 0 Å². The van der Waals surface area contributed by atoms with E-state index >= 15 is 0 Å². The number of rotatable bonds is 5. The lowest BCUT2D eigenvalue weighted by molar-refractivity contribution is -0.170. The number of nitrogens with one attached hydrogen (secondary N) is 1. The van der Waals surface area contributed by atoms with E-state index in [1.165, 1.54) is 0 Å². The highest BCUT2D eigenvalue weighted by Gasteiger charge is 2.36. The van der Waals surface area contributed by atoms with Crippen LogP contribution < -0.4 is 5.32 Å². The summed E-state index contributed by atoms with van der Waals surface area (Å²) >= 11 is 0. The van der Waals surface area contributed by atoms with Crippen molar-refractivity contribution in [2.45, 2.75) is 32.9 Å². The van der Waals surface area contributed by atoms with E-state index < -0.39 is 11.7 Å². The van der Waals surface area contributed by atoms with Crippen molar-refractivity contribution in [1.29, 1.82) is 0 Å². The number of ether oxygens (including phenoxy) is 1. The van der Waals surface area contributed by atoms with Crippen molar-refractivity contribution < 1.29 is 14.6 Å². The number of hydrogen-bond donors (Lipinski definition) is 2. The van der Waals surface area contributed by atoms with Crippen LogP contribution in [0, 0.1) is 5.92 Å². The number of carbonyl (C=O) groups is 1. The molecular weight excluding hydrogens is 170 g/mol. The molecule has 0 saturated carbocycles. The van der Waals surface area contributed by atoms with Crippen LogP contribution in [0.4, 0.5) is 0 Å². The Balaban J connectivity index is 4.33. The molecule has 0 heterocycles. The predicted octanol–water partition coefficient (Wildman–Crippen LogP) is 0.504. The molecule has 0 aromatic carbocycles. The molecule has 4 heteroatoms. The molecule has 0 saturated heterocycles. The molecule has 0 rings (SSSR count). The third-order valence-electron chi connectivity index (χ3n) is 1.73.